The van der Waals surface area contributed by atoms with Gasteiger partial charge >= 0.3 is 6.09 Å². The number of halogens is 3. The molecule has 8 heteroatoms. The lowest BCUT2D eigenvalue weighted by Gasteiger charge is -2.13. The van der Waals surface area contributed by atoms with Gasteiger partial charge in [0.25, 0.3) is 0 Å². The quantitative estimate of drug-likeness (QED) is 0.785. The highest BCUT2D eigenvalue weighted by Crippen LogP contribution is 2.24. The lowest BCUT2D eigenvalue weighted by atomic mass is 10.1. The van der Waals surface area contributed by atoms with Crippen LogP contribution in [-0.2, 0) is 4.79 Å². The fraction of sp³-hybridized carbons (Fsp3) is 0.286. The van der Waals surface area contributed by atoms with E-state index in [9.17, 15) is 22.8 Å². The van der Waals surface area contributed by atoms with Gasteiger partial charge in [-0.05, 0) is 24.3 Å². The largest absolute Gasteiger partial charge is 0.492 e. The molecule has 0 saturated heterocycles. The Morgan fingerprint density at radius 1 is 1.23 bits per heavy atom. The van der Waals surface area contributed by atoms with Crippen molar-refractivity contribution < 1.29 is 32.6 Å². The van der Waals surface area contributed by atoms with Gasteiger partial charge in [-0.15, -0.1) is 0 Å². The zero-order chi connectivity index (χ0) is 16.7. The Kier molecular flexibility index (Phi) is 6.43. The molecule has 1 aromatic rings. The van der Waals surface area contributed by atoms with Crippen molar-refractivity contribution in [1.82, 2.24) is 4.90 Å². The van der Waals surface area contributed by atoms with E-state index in [0.717, 1.165) is 17.0 Å². The molecule has 0 fully saturated rings. The molecule has 0 aliphatic rings. The summed E-state index contributed by atoms with van der Waals surface area (Å²) in [6.45, 7) is -1.41. The Morgan fingerprint density at radius 2 is 1.82 bits per heavy atom. The SMILES string of the molecule is CN(CCOc1ccc(/C(F)=C(\F)C(=O)CF)cc1)C(=O)O. The molecule has 0 bridgehead atoms. The summed E-state index contributed by atoms with van der Waals surface area (Å²) in [6, 6.07) is 4.97. The maximum atomic E-state index is 13.5. The molecule has 1 rings (SSSR count). The number of carboxylic acid groups (broad SMARTS) is 1. The van der Waals surface area contributed by atoms with E-state index in [1.54, 1.807) is 0 Å². The number of allylic oxidation sites excluding steroid dienone is 1. The van der Waals surface area contributed by atoms with Crippen molar-refractivity contribution in [2.24, 2.45) is 0 Å². The fourth-order valence-electron chi connectivity index (χ4n) is 1.40. The van der Waals surface area contributed by atoms with Crippen molar-refractivity contribution >= 4 is 17.7 Å². The molecule has 0 heterocycles. The van der Waals surface area contributed by atoms with Crippen LogP contribution in [0.4, 0.5) is 18.0 Å². The van der Waals surface area contributed by atoms with Crippen molar-refractivity contribution in [2.75, 3.05) is 26.9 Å². The smallest absolute Gasteiger partial charge is 0.407 e. The summed E-state index contributed by atoms with van der Waals surface area (Å²) in [7, 11) is 1.37. The highest BCUT2D eigenvalue weighted by molar-refractivity contribution is 5.99. The van der Waals surface area contributed by atoms with Gasteiger partial charge in [0.05, 0.1) is 6.54 Å². The number of alkyl halides is 1. The average Bonchev–Trinajstić information content (AvgIpc) is 2.53. The van der Waals surface area contributed by atoms with Crippen molar-refractivity contribution in [3.05, 3.63) is 35.7 Å². The van der Waals surface area contributed by atoms with Crippen LogP contribution >= 0.6 is 0 Å². The number of carbonyl (C=O) groups is 2. The first-order valence-electron chi connectivity index (χ1n) is 6.18. The van der Waals surface area contributed by atoms with E-state index in [1.807, 2.05) is 0 Å². The van der Waals surface area contributed by atoms with Crippen LogP contribution < -0.4 is 4.74 Å². The predicted octanol–water partition coefficient (Wildman–Crippen LogP) is 2.82. The molecular formula is C14H14F3NO4. The summed E-state index contributed by atoms with van der Waals surface area (Å²) < 4.78 is 43.9. The standard InChI is InChI=1S/C14H14F3NO4/c1-18(14(20)21)6-7-22-10-4-2-9(3-5-10)12(16)13(17)11(19)8-15/h2-5H,6-8H2,1H3,(H,20,21)/b13-12+. The van der Waals surface area contributed by atoms with Crippen molar-refractivity contribution in [2.45, 2.75) is 0 Å². The number of hydrogen-bond acceptors (Lipinski definition) is 3. The number of nitrogens with zero attached hydrogens (tertiary/aromatic N) is 1. The van der Waals surface area contributed by atoms with Gasteiger partial charge in [0, 0.05) is 12.6 Å². The van der Waals surface area contributed by atoms with Crippen LogP contribution in [0.5, 0.6) is 5.75 Å². The van der Waals surface area contributed by atoms with E-state index in [-0.39, 0.29) is 18.7 Å². The van der Waals surface area contributed by atoms with E-state index in [2.05, 4.69) is 0 Å². The van der Waals surface area contributed by atoms with Gasteiger partial charge in [0.15, 0.2) is 12.5 Å². The number of ether oxygens (including phenoxy) is 1. The van der Waals surface area contributed by atoms with E-state index < -0.39 is 30.2 Å². The number of hydrogen-bond donors (Lipinski definition) is 1. The molecule has 1 N–H and O–H groups in total. The maximum Gasteiger partial charge on any atom is 0.407 e. The van der Waals surface area contributed by atoms with Crippen LogP contribution in [0.2, 0.25) is 0 Å². The van der Waals surface area contributed by atoms with E-state index in [1.165, 1.54) is 19.2 Å². The summed E-state index contributed by atoms with van der Waals surface area (Å²) in [5.74, 6) is -4.46. The normalized spacial score (nSPS) is 11.6. The number of amides is 1. The Labute approximate surface area is 124 Å². The molecule has 1 aromatic carbocycles. The van der Waals surface area contributed by atoms with Gasteiger partial charge in [0.1, 0.15) is 12.4 Å². The number of Topliss-reactive ketones (excluding diaryl/α,β-unsaturated/α-hetero) is 1. The third kappa shape index (κ3) is 4.80. The van der Waals surface area contributed by atoms with Gasteiger partial charge in [-0.2, -0.15) is 4.39 Å². The highest BCUT2D eigenvalue weighted by Gasteiger charge is 2.16. The minimum atomic E-state index is -1.76. The number of ketones is 1. The molecule has 0 saturated carbocycles. The van der Waals surface area contributed by atoms with Crippen molar-refractivity contribution in [1.29, 1.82) is 0 Å². The predicted molar refractivity (Wildman–Crippen MR) is 72.7 cm³/mol. The van der Waals surface area contributed by atoms with Crippen LogP contribution in [-0.4, -0.2) is 48.8 Å². The van der Waals surface area contributed by atoms with Crippen LogP contribution in [0.15, 0.2) is 30.1 Å². The van der Waals surface area contributed by atoms with Gasteiger partial charge in [-0.25, -0.2) is 13.6 Å². The lowest BCUT2D eigenvalue weighted by Crippen LogP contribution is -2.29. The minimum Gasteiger partial charge on any atom is -0.492 e. The molecule has 0 aliphatic heterocycles. The molecule has 0 aliphatic carbocycles. The van der Waals surface area contributed by atoms with Gasteiger partial charge in [-0.3, -0.25) is 4.79 Å². The first kappa shape index (κ1) is 17.5. The number of rotatable bonds is 7. The summed E-state index contributed by atoms with van der Waals surface area (Å²) in [5, 5.41) is 8.63. The molecule has 5 nitrogen and oxygen atoms in total. The second kappa shape index (κ2) is 8.06. The number of benzene rings is 1. The van der Waals surface area contributed by atoms with E-state index >= 15 is 0 Å². The first-order chi connectivity index (χ1) is 10.4. The molecule has 0 radical (unpaired) electrons. The van der Waals surface area contributed by atoms with E-state index in [0.29, 0.717) is 5.75 Å². The summed E-state index contributed by atoms with van der Waals surface area (Å²) in [6.07, 6.45) is -1.10. The molecule has 0 aromatic heterocycles. The maximum absolute atomic E-state index is 13.5. The zero-order valence-corrected chi connectivity index (χ0v) is 11.7. The molecule has 120 valence electrons. The monoisotopic (exact) mass is 317 g/mol. The van der Waals surface area contributed by atoms with Gasteiger partial charge in [-0.1, -0.05) is 0 Å². The van der Waals surface area contributed by atoms with Gasteiger partial charge < -0.3 is 14.7 Å². The van der Waals surface area contributed by atoms with Crippen molar-refractivity contribution in [3.63, 3.8) is 0 Å². The second-order valence-electron chi connectivity index (χ2n) is 4.26. The second-order valence-corrected chi connectivity index (χ2v) is 4.26. The molecule has 0 atom stereocenters. The summed E-state index contributed by atoms with van der Waals surface area (Å²) in [5.41, 5.74) is -0.227. The first-order valence-corrected chi connectivity index (χ1v) is 6.18. The Morgan fingerprint density at radius 3 is 2.32 bits per heavy atom. The van der Waals surface area contributed by atoms with E-state index in [4.69, 9.17) is 9.84 Å². The summed E-state index contributed by atoms with van der Waals surface area (Å²) in [4.78, 5) is 22.3. The fourth-order valence-corrected chi connectivity index (χ4v) is 1.40. The Hall–Kier alpha value is -2.51. The molecule has 22 heavy (non-hydrogen) atoms. The number of likely N-dealkylation sites (N-methyl/N-ethyl adjacent to an activating group) is 1. The van der Waals surface area contributed by atoms with Gasteiger partial charge in [0.2, 0.25) is 11.6 Å². The Bertz CT molecular complexity index is 572. The molecule has 1 amide bonds. The molecular weight excluding hydrogens is 303 g/mol. The topological polar surface area (TPSA) is 66.8 Å². The zero-order valence-electron chi connectivity index (χ0n) is 11.7. The van der Waals surface area contributed by atoms with Crippen LogP contribution in [0.1, 0.15) is 5.56 Å². The average molecular weight is 317 g/mol. The van der Waals surface area contributed by atoms with Crippen molar-refractivity contribution in [3.8, 4) is 5.75 Å². The third-order valence-electron chi connectivity index (χ3n) is 2.69. The summed E-state index contributed by atoms with van der Waals surface area (Å²) >= 11 is 0. The minimum absolute atomic E-state index is 0.0785. The third-order valence-corrected chi connectivity index (χ3v) is 2.69. The lowest BCUT2D eigenvalue weighted by molar-refractivity contribution is -0.117. The number of carbonyl (C=O) groups excluding carboxylic acids is 1. The van der Waals surface area contributed by atoms with Crippen LogP contribution in [0, 0.1) is 0 Å². The highest BCUT2D eigenvalue weighted by atomic mass is 19.2. The Balaban J connectivity index is 2.67. The molecule has 0 spiro atoms. The van der Waals surface area contributed by atoms with Crippen LogP contribution in [0.3, 0.4) is 0 Å². The van der Waals surface area contributed by atoms with Crippen LogP contribution in [0.25, 0.3) is 5.83 Å². The molecule has 0 unspecified atom stereocenters.